The molecule has 1 N–H and O–H groups in total. The highest BCUT2D eigenvalue weighted by atomic mass is 15.0. The normalized spacial score (nSPS) is 12.9. The van der Waals surface area contributed by atoms with Gasteiger partial charge in [-0.05, 0) is 18.2 Å². The van der Waals surface area contributed by atoms with E-state index in [4.69, 9.17) is 5.26 Å². The van der Waals surface area contributed by atoms with Gasteiger partial charge in [0.15, 0.2) is 0 Å². The van der Waals surface area contributed by atoms with Crippen LogP contribution in [0.4, 0.5) is 5.69 Å². The number of hydrogen-bond acceptors (Lipinski definition) is 3. The highest BCUT2D eigenvalue weighted by molar-refractivity contribution is 6.16. The smallest absolute Gasteiger partial charge is 0.108 e. The molecule has 0 aromatic heterocycles. The van der Waals surface area contributed by atoms with Crippen molar-refractivity contribution in [2.75, 3.05) is 12.0 Å². The summed E-state index contributed by atoms with van der Waals surface area (Å²) >= 11 is 0. The van der Waals surface area contributed by atoms with Crippen LogP contribution in [-0.4, -0.2) is 12.4 Å². The molecule has 1 aliphatic rings. The summed E-state index contributed by atoms with van der Waals surface area (Å²) in [5, 5.41) is 12.2. The Morgan fingerprint density at radius 3 is 2.89 bits per heavy atom. The first kappa shape index (κ1) is 10.5. The third kappa shape index (κ3) is 1.74. The minimum absolute atomic E-state index is 0.573. The van der Waals surface area contributed by atoms with Crippen LogP contribution in [0.5, 0.6) is 0 Å². The Balaban J connectivity index is 2.12. The second-order valence-electron chi connectivity index (χ2n) is 4.08. The highest BCUT2D eigenvalue weighted by Crippen LogP contribution is 2.23. The highest BCUT2D eigenvalue weighted by Gasteiger charge is 2.14. The molecule has 0 unspecified atom stereocenters. The van der Waals surface area contributed by atoms with Gasteiger partial charge in [-0.1, -0.05) is 30.3 Å². The number of aliphatic imine (C=N–C) groups is 1. The molecule has 1 heterocycles. The standard InChI is InChI=1S/C15H11N3/c16-9-11-4-3-5-12(8-11)15-13-6-1-2-7-14(13)17-10-18-15/h1-8,17H,10H2. The summed E-state index contributed by atoms with van der Waals surface area (Å²) in [6.45, 7) is 0.573. The molecule has 86 valence electrons. The van der Waals surface area contributed by atoms with Crippen LogP contribution in [0.2, 0.25) is 0 Å². The molecule has 18 heavy (non-hydrogen) atoms. The van der Waals surface area contributed by atoms with Crippen molar-refractivity contribution >= 4 is 11.4 Å². The van der Waals surface area contributed by atoms with Gasteiger partial charge >= 0.3 is 0 Å². The lowest BCUT2D eigenvalue weighted by Gasteiger charge is -2.18. The van der Waals surface area contributed by atoms with Crippen LogP contribution in [0, 0.1) is 11.3 Å². The van der Waals surface area contributed by atoms with E-state index < -0.39 is 0 Å². The van der Waals surface area contributed by atoms with Crippen LogP contribution in [0.15, 0.2) is 53.5 Å². The molecule has 1 aliphatic heterocycles. The largest absolute Gasteiger partial charge is 0.366 e. The molecule has 0 fully saturated rings. The molecule has 0 radical (unpaired) electrons. The molecule has 0 atom stereocenters. The van der Waals surface area contributed by atoms with Gasteiger partial charge in [0.25, 0.3) is 0 Å². The van der Waals surface area contributed by atoms with Gasteiger partial charge in [-0.2, -0.15) is 5.26 Å². The average molecular weight is 233 g/mol. The molecule has 3 rings (SSSR count). The zero-order chi connectivity index (χ0) is 12.4. The number of fused-ring (bicyclic) bond motifs is 1. The van der Waals surface area contributed by atoms with Crippen molar-refractivity contribution in [2.24, 2.45) is 4.99 Å². The molecule has 0 spiro atoms. The predicted molar refractivity (Wildman–Crippen MR) is 71.7 cm³/mol. The van der Waals surface area contributed by atoms with Crippen molar-refractivity contribution in [1.82, 2.24) is 0 Å². The molecule has 2 aromatic carbocycles. The van der Waals surface area contributed by atoms with Gasteiger partial charge in [-0.25, -0.2) is 0 Å². The molecule has 0 amide bonds. The van der Waals surface area contributed by atoms with E-state index in [2.05, 4.69) is 16.4 Å². The van der Waals surface area contributed by atoms with E-state index in [0.717, 1.165) is 22.5 Å². The van der Waals surface area contributed by atoms with Gasteiger partial charge in [0.05, 0.1) is 17.3 Å². The maximum atomic E-state index is 8.95. The second-order valence-corrected chi connectivity index (χ2v) is 4.08. The topological polar surface area (TPSA) is 48.2 Å². The van der Waals surface area contributed by atoms with Crippen molar-refractivity contribution in [3.63, 3.8) is 0 Å². The minimum atomic E-state index is 0.573. The second kappa shape index (κ2) is 4.34. The fourth-order valence-corrected chi connectivity index (χ4v) is 2.12. The number of hydrogen-bond donors (Lipinski definition) is 1. The first-order valence-electron chi connectivity index (χ1n) is 5.77. The minimum Gasteiger partial charge on any atom is -0.366 e. The van der Waals surface area contributed by atoms with Crippen molar-refractivity contribution in [3.05, 3.63) is 65.2 Å². The van der Waals surface area contributed by atoms with Crippen LogP contribution in [0.3, 0.4) is 0 Å². The fraction of sp³-hybridized carbons (Fsp3) is 0.0667. The predicted octanol–water partition coefficient (Wildman–Crippen LogP) is 2.78. The maximum Gasteiger partial charge on any atom is 0.108 e. The number of nitrogens with one attached hydrogen (secondary N) is 1. The zero-order valence-electron chi connectivity index (χ0n) is 9.72. The number of nitriles is 1. The van der Waals surface area contributed by atoms with Gasteiger partial charge in [-0.15, -0.1) is 0 Å². The Labute approximate surface area is 105 Å². The van der Waals surface area contributed by atoms with E-state index in [0.29, 0.717) is 12.2 Å². The number of nitrogens with zero attached hydrogens (tertiary/aromatic N) is 2. The molecule has 3 heteroatoms. The first-order valence-corrected chi connectivity index (χ1v) is 5.77. The Morgan fingerprint density at radius 1 is 1.11 bits per heavy atom. The number of rotatable bonds is 1. The molecule has 3 nitrogen and oxygen atoms in total. The SMILES string of the molecule is N#Cc1cccc(C2=NCNc3ccccc32)c1. The van der Waals surface area contributed by atoms with Crippen LogP contribution >= 0.6 is 0 Å². The Kier molecular flexibility index (Phi) is 2.54. The molecule has 0 saturated heterocycles. The zero-order valence-corrected chi connectivity index (χ0v) is 9.72. The van der Waals surface area contributed by atoms with Crippen molar-refractivity contribution in [3.8, 4) is 6.07 Å². The number of para-hydroxylation sites is 1. The summed E-state index contributed by atoms with van der Waals surface area (Å²) in [5.41, 5.74) is 4.76. The number of benzene rings is 2. The molecule has 0 aliphatic carbocycles. The van der Waals surface area contributed by atoms with E-state index in [9.17, 15) is 0 Å². The summed E-state index contributed by atoms with van der Waals surface area (Å²) in [6.07, 6.45) is 0. The third-order valence-electron chi connectivity index (χ3n) is 2.95. The van der Waals surface area contributed by atoms with Crippen LogP contribution in [0.25, 0.3) is 0 Å². The van der Waals surface area contributed by atoms with Crippen LogP contribution in [0.1, 0.15) is 16.7 Å². The first-order chi connectivity index (χ1) is 8.88. The summed E-state index contributed by atoms with van der Waals surface area (Å²) in [6, 6.07) is 17.8. The van der Waals surface area contributed by atoms with Crippen molar-refractivity contribution < 1.29 is 0 Å². The van der Waals surface area contributed by atoms with Crippen molar-refractivity contribution in [1.29, 1.82) is 5.26 Å². The van der Waals surface area contributed by atoms with Crippen molar-refractivity contribution in [2.45, 2.75) is 0 Å². The summed E-state index contributed by atoms with van der Waals surface area (Å²) < 4.78 is 0. The van der Waals surface area contributed by atoms with E-state index >= 15 is 0 Å². The van der Waals surface area contributed by atoms with E-state index in [1.165, 1.54) is 0 Å². The van der Waals surface area contributed by atoms with Gasteiger partial charge < -0.3 is 5.32 Å². The van der Waals surface area contributed by atoms with Crippen LogP contribution < -0.4 is 5.32 Å². The third-order valence-corrected chi connectivity index (χ3v) is 2.95. The van der Waals surface area contributed by atoms with Crippen LogP contribution in [-0.2, 0) is 0 Å². The molecule has 2 aromatic rings. The molecule has 0 bridgehead atoms. The number of anilines is 1. The summed E-state index contributed by atoms with van der Waals surface area (Å²) in [4.78, 5) is 4.51. The monoisotopic (exact) mass is 233 g/mol. The maximum absolute atomic E-state index is 8.95. The Bertz CT molecular complexity index is 665. The average Bonchev–Trinajstić information content (AvgIpc) is 2.47. The summed E-state index contributed by atoms with van der Waals surface area (Å²) in [7, 11) is 0. The summed E-state index contributed by atoms with van der Waals surface area (Å²) in [5.74, 6) is 0. The lowest BCUT2D eigenvalue weighted by atomic mass is 9.98. The van der Waals surface area contributed by atoms with E-state index in [-0.39, 0.29) is 0 Å². The Morgan fingerprint density at radius 2 is 2.00 bits per heavy atom. The van der Waals surface area contributed by atoms with E-state index in [1.54, 1.807) is 6.07 Å². The van der Waals surface area contributed by atoms with Gasteiger partial charge in [0.1, 0.15) is 6.67 Å². The Hall–Kier alpha value is -2.60. The molecular formula is C15H11N3. The molecular weight excluding hydrogens is 222 g/mol. The van der Waals surface area contributed by atoms with Gasteiger partial charge in [-0.3, -0.25) is 4.99 Å². The fourth-order valence-electron chi connectivity index (χ4n) is 2.12. The van der Waals surface area contributed by atoms with Gasteiger partial charge in [0, 0.05) is 16.8 Å². The molecule has 0 saturated carbocycles. The lowest BCUT2D eigenvalue weighted by molar-refractivity contribution is 1.11. The quantitative estimate of drug-likeness (QED) is 0.823. The van der Waals surface area contributed by atoms with Gasteiger partial charge in [0.2, 0.25) is 0 Å². The van der Waals surface area contributed by atoms with E-state index in [1.807, 2.05) is 42.5 Å². The lowest BCUT2D eigenvalue weighted by Crippen LogP contribution is -2.16.